The maximum atomic E-state index is 12.6. The molecular formula is C30H36N2O3S. The van der Waals surface area contributed by atoms with Gasteiger partial charge in [-0.3, -0.25) is 0 Å². The highest BCUT2D eigenvalue weighted by Gasteiger charge is 2.30. The molecule has 36 heavy (non-hydrogen) atoms. The molecule has 3 aromatic rings. The van der Waals surface area contributed by atoms with Gasteiger partial charge in [0.15, 0.2) is 0 Å². The van der Waals surface area contributed by atoms with Gasteiger partial charge in [-0.05, 0) is 68.3 Å². The highest BCUT2D eigenvalue weighted by atomic mass is 32.2. The summed E-state index contributed by atoms with van der Waals surface area (Å²) in [6.45, 7) is 6.72. The molecule has 1 amide bonds. The van der Waals surface area contributed by atoms with Crippen LogP contribution >= 0.6 is 11.9 Å². The predicted molar refractivity (Wildman–Crippen MR) is 146 cm³/mol. The average molecular weight is 505 g/mol. The quantitative estimate of drug-likeness (QED) is 0.396. The van der Waals surface area contributed by atoms with Gasteiger partial charge in [-0.2, -0.15) is 0 Å². The van der Waals surface area contributed by atoms with Crippen LogP contribution in [0, 0.1) is 0 Å². The largest absolute Gasteiger partial charge is 0.444 e. The maximum absolute atomic E-state index is 12.6. The van der Waals surface area contributed by atoms with E-state index in [1.807, 2.05) is 57.2 Å². The van der Waals surface area contributed by atoms with Gasteiger partial charge in [-0.1, -0.05) is 78.9 Å². The summed E-state index contributed by atoms with van der Waals surface area (Å²) in [6, 6.07) is 28.5. The van der Waals surface area contributed by atoms with Crippen LogP contribution in [0.4, 0.5) is 4.79 Å². The smallest absolute Gasteiger partial charge is 0.407 e. The van der Waals surface area contributed by atoms with Crippen LogP contribution in [0.5, 0.6) is 0 Å². The number of ether oxygens (including phenoxy) is 1. The number of fused-ring (bicyclic) bond motifs is 1. The van der Waals surface area contributed by atoms with E-state index in [0.29, 0.717) is 18.9 Å². The SMILES string of the molecule is CC(C)(C)OC(=O)N[C@@H](Cc1ccccc1)[C@H](O)CN1CC(c2ccccc2)Cc2ccccc2S1. The van der Waals surface area contributed by atoms with Gasteiger partial charge in [-0.25, -0.2) is 9.10 Å². The molecule has 6 heteroatoms. The van der Waals surface area contributed by atoms with E-state index in [2.05, 4.69) is 58.2 Å². The molecule has 0 fully saturated rings. The molecule has 3 atom stereocenters. The molecule has 0 radical (unpaired) electrons. The number of carbonyl (C=O) groups excluding carboxylic acids is 1. The molecule has 5 nitrogen and oxygen atoms in total. The van der Waals surface area contributed by atoms with Gasteiger partial charge in [0, 0.05) is 23.9 Å². The number of β-amino-alcohol motifs (C(OH)–C–C–N with tert-alkyl or cyclic N) is 1. The van der Waals surface area contributed by atoms with Crippen molar-refractivity contribution >= 4 is 18.0 Å². The molecule has 0 bridgehead atoms. The number of benzene rings is 3. The number of alkyl carbamates (subject to hydrolysis) is 1. The molecular weight excluding hydrogens is 468 g/mol. The lowest BCUT2D eigenvalue weighted by atomic mass is 9.91. The van der Waals surface area contributed by atoms with Crippen molar-refractivity contribution in [2.45, 2.75) is 62.2 Å². The molecule has 2 N–H and O–H groups in total. The fourth-order valence-electron chi connectivity index (χ4n) is 4.52. The van der Waals surface area contributed by atoms with E-state index in [-0.39, 0.29) is 0 Å². The third kappa shape index (κ3) is 7.60. The van der Waals surface area contributed by atoms with Gasteiger partial charge >= 0.3 is 6.09 Å². The standard InChI is InChI=1S/C30H36N2O3S/c1-30(2,3)35-29(34)31-26(18-22-12-6-4-7-13-22)27(33)21-32-20-25(23-14-8-5-9-15-23)19-24-16-10-11-17-28(24)36-32/h4-17,25-27,33H,18-21H2,1-3H3,(H,31,34)/t25?,26-,27+/m0/s1. The lowest BCUT2D eigenvalue weighted by molar-refractivity contribution is 0.0404. The van der Waals surface area contributed by atoms with E-state index in [9.17, 15) is 9.90 Å². The van der Waals surface area contributed by atoms with Crippen LogP contribution < -0.4 is 5.32 Å². The summed E-state index contributed by atoms with van der Waals surface area (Å²) < 4.78 is 7.75. The van der Waals surface area contributed by atoms with Gasteiger partial charge in [0.25, 0.3) is 0 Å². The van der Waals surface area contributed by atoms with Crippen LogP contribution in [0.15, 0.2) is 89.8 Å². The topological polar surface area (TPSA) is 61.8 Å². The summed E-state index contributed by atoms with van der Waals surface area (Å²) in [7, 11) is 0. The van der Waals surface area contributed by atoms with Crippen molar-refractivity contribution in [3.63, 3.8) is 0 Å². The summed E-state index contributed by atoms with van der Waals surface area (Å²) in [5, 5.41) is 14.4. The Bertz CT molecular complexity index is 1120. The second-order valence-electron chi connectivity index (χ2n) is 10.4. The van der Waals surface area contributed by atoms with Crippen molar-refractivity contribution in [1.82, 2.24) is 9.62 Å². The zero-order chi connectivity index (χ0) is 25.5. The maximum Gasteiger partial charge on any atom is 0.407 e. The first-order valence-corrected chi connectivity index (χ1v) is 13.3. The fraction of sp³-hybridized carbons (Fsp3) is 0.367. The van der Waals surface area contributed by atoms with Gasteiger partial charge in [0.2, 0.25) is 0 Å². The van der Waals surface area contributed by atoms with E-state index in [1.54, 1.807) is 11.9 Å². The Labute approximate surface area is 219 Å². The molecule has 1 aliphatic rings. The van der Waals surface area contributed by atoms with Gasteiger partial charge in [-0.15, -0.1) is 0 Å². The van der Waals surface area contributed by atoms with E-state index in [4.69, 9.17) is 4.74 Å². The molecule has 0 aromatic heterocycles. The Kier molecular flexibility index (Phi) is 8.72. The lowest BCUT2D eigenvalue weighted by Crippen LogP contribution is -2.50. The highest BCUT2D eigenvalue weighted by Crippen LogP contribution is 2.36. The number of rotatable bonds is 7. The molecule has 0 spiro atoms. The number of nitrogens with zero attached hydrogens (tertiary/aromatic N) is 1. The van der Waals surface area contributed by atoms with Crippen molar-refractivity contribution in [1.29, 1.82) is 0 Å². The van der Waals surface area contributed by atoms with Crippen LogP contribution in [0.3, 0.4) is 0 Å². The number of hydrogen-bond acceptors (Lipinski definition) is 5. The molecule has 0 aliphatic carbocycles. The van der Waals surface area contributed by atoms with Crippen molar-refractivity contribution in [2.24, 2.45) is 0 Å². The highest BCUT2D eigenvalue weighted by molar-refractivity contribution is 7.97. The van der Waals surface area contributed by atoms with Crippen LogP contribution in [0.25, 0.3) is 0 Å². The molecule has 1 unspecified atom stereocenters. The minimum atomic E-state index is -0.785. The Morgan fingerprint density at radius 1 is 1.03 bits per heavy atom. The predicted octanol–water partition coefficient (Wildman–Crippen LogP) is 5.83. The molecule has 0 saturated carbocycles. The third-order valence-electron chi connectivity index (χ3n) is 6.22. The van der Waals surface area contributed by atoms with E-state index < -0.39 is 23.8 Å². The Hall–Kier alpha value is -2.80. The molecule has 0 saturated heterocycles. The summed E-state index contributed by atoms with van der Waals surface area (Å²) in [5.74, 6) is 0.306. The number of hydrogen-bond donors (Lipinski definition) is 2. The number of aliphatic hydroxyl groups excluding tert-OH is 1. The van der Waals surface area contributed by atoms with Crippen LogP contribution in [0.2, 0.25) is 0 Å². The Balaban J connectivity index is 1.54. The summed E-state index contributed by atoms with van der Waals surface area (Å²) in [4.78, 5) is 13.9. The summed E-state index contributed by atoms with van der Waals surface area (Å²) >= 11 is 1.69. The third-order valence-corrected chi connectivity index (χ3v) is 7.37. The molecule has 4 rings (SSSR count). The normalized spacial score (nSPS) is 17.9. The number of carbonyl (C=O) groups is 1. The lowest BCUT2D eigenvalue weighted by Gasteiger charge is -2.31. The van der Waals surface area contributed by atoms with Crippen molar-refractivity contribution in [2.75, 3.05) is 13.1 Å². The van der Waals surface area contributed by atoms with Crippen molar-refractivity contribution in [3.8, 4) is 0 Å². The fourth-order valence-corrected chi connectivity index (χ4v) is 5.69. The van der Waals surface area contributed by atoms with Gasteiger partial charge in [0.05, 0.1) is 12.1 Å². The van der Waals surface area contributed by atoms with Crippen LogP contribution in [0.1, 0.15) is 43.4 Å². The van der Waals surface area contributed by atoms with E-state index >= 15 is 0 Å². The number of aliphatic hydroxyl groups is 1. The van der Waals surface area contributed by atoms with Crippen molar-refractivity contribution < 1.29 is 14.6 Å². The first kappa shape index (κ1) is 26.3. The van der Waals surface area contributed by atoms with Crippen LogP contribution in [-0.4, -0.2) is 46.3 Å². The monoisotopic (exact) mass is 504 g/mol. The van der Waals surface area contributed by atoms with Gasteiger partial charge < -0.3 is 15.2 Å². The van der Waals surface area contributed by atoms with E-state index in [0.717, 1.165) is 18.5 Å². The number of amides is 1. The minimum absolute atomic E-state index is 0.306. The zero-order valence-corrected chi connectivity index (χ0v) is 22.1. The zero-order valence-electron chi connectivity index (χ0n) is 21.3. The Morgan fingerprint density at radius 2 is 1.67 bits per heavy atom. The first-order valence-electron chi connectivity index (χ1n) is 12.5. The number of nitrogens with one attached hydrogen (secondary N) is 1. The molecule has 1 aliphatic heterocycles. The minimum Gasteiger partial charge on any atom is -0.444 e. The second kappa shape index (κ2) is 12.0. The molecule has 1 heterocycles. The average Bonchev–Trinajstić information content (AvgIpc) is 3.03. The summed E-state index contributed by atoms with van der Waals surface area (Å²) in [5.41, 5.74) is 3.05. The van der Waals surface area contributed by atoms with Crippen LogP contribution in [-0.2, 0) is 17.6 Å². The van der Waals surface area contributed by atoms with Crippen molar-refractivity contribution in [3.05, 3.63) is 102 Å². The molecule has 190 valence electrons. The first-order chi connectivity index (χ1) is 17.3. The van der Waals surface area contributed by atoms with E-state index in [1.165, 1.54) is 16.0 Å². The second-order valence-corrected chi connectivity index (χ2v) is 11.5. The Morgan fingerprint density at radius 3 is 2.36 bits per heavy atom. The van der Waals surface area contributed by atoms with Gasteiger partial charge in [0.1, 0.15) is 5.60 Å². The molecule has 3 aromatic carbocycles. The summed E-state index contributed by atoms with van der Waals surface area (Å²) in [6.07, 6.45) is 0.160.